The lowest BCUT2D eigenvalue weighted by molar-refractivity contribution is 0.263. The Morgan fingerprint density at radius 2 is 2.05 bits per heavy atom. The summed E-state index contributed by atoms with van der Waals surface area (Å²) in [6, 6.07) is 7.97. The Labute approximate surface area is 118 Å². The summed E-state index contributed by atoms with van der Waals surface area (Å²) in [6.07, 6.45) is 8.05. The van der Waals surface area contributed by atoms with Crippen LogP contribution >= 0.6 is 0 Å². The molecule has 1 heteroatoms. The molecule has 19 heavy (non-hydrogen) atoms. The minimum absolute atomic E-state index is 0.727. The standard InChI is InChI=1S/C18H27N/c1-14(2)19-11-10-16(13-19)7-6-15-8-9-17-4-3-5-18(17)12-15/h8-9,12,14,16H,3-7,10-11,13H2,1-2H3. The summed E-state index contributed by atoms with van der Waals surface area (Å²) in [5.41, 5.74) is 4.81. The van der Waals surface area contributed by atoms with Gasteiger partial charge in [-0.25, -0.2) is 0 Å². The molecule has 1 atom stereocenters. The molecule has 1 aromatic rings. The van der Waals surface area contributed by atoms with Gasteiger partial charge in [0.15, 0.2) is 0 Å². The highest BCUT2D eigenvalue weighted by atomic mass is 15.2. The lowest BCUT2D eigenvalue weighted by Crippen LogP contribution is -2.28. The molecule has 1 fully saturated rings. The number of benzene rings is 1. The number of hydrogen-bond acceptors (Lipinski definition) is 1. The maximum Gasteiger partial charge on any atom is 0.00387 e. The van der Waals surface area contributed by atoms with Crippen molar-refractivity contribution in [3.8, 4) is 0 Å². The van der Waals surface area contributed by atoms with Crippen molar-refractivity contribution in [2.24, 2.45) is 5.92 Å². The third kappa shape index (κ3) is 3.02. The number of likely N-dealkylation sites (tertiary alicyclic amines) is 1. The van der Waals surface area contributed by atoms with Crippen LogP contribution < -0.4 is 0 Å². The van der Waals surface area contributed by atoms with Crippen LogP contribution in [0.2, 0.25) is 0 Å². The fourth-order valence-corrected chi connectivity index (χ4v) is 3.72. The maximum atomic E-state index is 2.63. The van der Waals surface area contributed by atoms with Crippen LogP contribution in [0.25, 0.3) is 0 Å². The first-order valence-electron chi connectivity index (χ1n) is 8.07. The average molecular weight is 257 g/mol. The second-order valence-corrected chi connectivity index (χ2v) is 6.74. The third-order valence-electron chi connectivity index (χ3n) is 5.05. The van der Waals surface area contributed by atoms with E-state index >= 15 is 0 Å². The molecule has 1 heterocycles. The van der Waals surface area contributed by atoms with Gasteiger partial charge in [-0.05, 0) is 81.5 Å². The van der Waals surface area contributed by atoms with Gasteiger partial charge in [-0.3, -0.25) is 0 Å². The molecule has 0 amide bonds. The van der Waals surface area contributed by atoms with Crippen LogP contribution in [0.3, 0.4) is 0 Å². The topological polar surface area (TPSA) is 3.24 Å². The Kier molecular flexibility index (Phi) is 3.93. The molecule has 0 N–H and O–H groups in total. The molecule has 0 bridgehead atoms. The third-order valence-corrected chi connectivity index (χ3v) is 5.05. The van der Waals surface area contributed by atoms with Gasteiger partial charge in [0.1, 0.15) is 0 Å². The Bertz CT molecular complexity index is 435. The van der Waals surface area contributed by atoms with Gasteiger partial charge in [0.25, 0.3) is 0 Å². The highest BCUT2D eigenvalue weighted by Gasteiger charge is 2.23. The Balaban J connectivity index is 1.53. The molecule has 1 saturated heterocycles. The van der Waals surface area contributed by atoms with E-state index in [9.17, 15) is 0 Å². The summed E-state index contributed by atoms with van der Waals surface area (Å²) in [5, 5.41) is 0. The molecule has 2 aliphatic rings. The molecule has 1 aliphatic heterocycles. The molecule has 104 valence electrons. The van der Waals surface area contributed by atoms with Gasteiger partial charge in [-0.2, -0.15) is 0 Å². The van der Waals surface area contributed by atoms with Crippen molar-refractivity contribution >= 4 is 0 Å². The van der Waals surface area contributed by atoms with Gasteiger partial charge in [-0.1, -0.05) is 18.2 Å². The lowest BCUT2D eigenvalue weighted by Gasteiger charge is -2.20. The summed E-state index contributed by atoms with van der Waals surface area (Å²) in [7, 11) is 0. The van der Waals surface area contributed by atoms with Crippen molar-refractivity contribution in [3.05, 3.63) is 34.9 Å². The smallest absolute Gasteiger partial charge is 0.00387 e. The first-order chi connectivity index (χ1) is 9.22. The van der Waals surface area contributed by atoms with Gasteiger partial charge in [-0.15, -0.1) is 0 Å². The number of fused-ring (bicyclic) bond motifs is 1. The summed E-state index contributed by atoms with van der Waals surface area (Å²) < 4.78 is 0. The quantitative estimate of drug-likeness (QED) is 0.792. The van der Waals surface area contributed by atoms with Crippen molar-refractivity contribution in [3.63, 3.8) is 0 Å². The molecular formula is C18H27N. The van der Waals surface area contributed by atoms with Crippen LogP contribution in [0.1, 0.15) is 49.8 Å². The summed E-state index contributed by atoms with van der Waals surface area (Å²) >= 11 is 0. The SMILES string of the molecule is CC(C)N1CCC(CCc2ccc3c(c2)CCC3)C1. The van der Waals surface area contributed by atoms with Gasteiger partial charge in [0.2, 0.25) is 0 Å². The van der Waals surface area contributed by atoms with Crippen molar-refractivity contribution in [1.82, 2.24) is 4.90 Å². The monoisotopic (exact) mass is 257 g/mol. The highest BCUT2D eigenvalue weighted by Crippen LogP contribution is 2.26. The zero-order chi connectivity index (χ0) is 13.2. The molecule has 3 rings (SSSR count). The molecular weight excluding hydrogens is 230 g/mol. The highest BCUT2D eigenvalue weighted by molar-refractivity contribution is 5.35. The number of aryl methyl sites for hydroxylation is 3. The zero-order valence-electron chi connectivity index (χ0n) is 12.5. The normalized spacial score (nSPS) is 23.2. The second kappa shape index (κ2) is 5.66. The van der Waals surface area contributed by atoms with Crippen molar-refractivity contribution in [1.29, 1.82) is 0 Å². The molecule has 1 aliphatic carbocycles. The van der Waals surface area contributed by atoms with E-state index in [0.29, 0.717) is 0 Å². The summed E-state index contributed by atoms with van der Waals surface area (Å²) in [6.45, 7) is 7.28. The Morgan fingerprint density at radius 1 is 1.21 bits per heavy atom. The van der Waals surface area contributed by atoms with E-state index in [0.717, 1.165) is 12.0 Å². The van der Waals surface area contributed by atoms with E-state index in [1.54, 1.807) is 16.7 Å². The van der Waals surface area contributed by atoms with Crippen LogP contribution in [0.5, 0.6) is 0 Å². The summed E-state index contributed by atoms with van der Waals surface area (Å²) in [4.78, 5) is 2.63. The van der Waals surface area contributed by atoms with E-state index in [1.165, 1.54) is 51.6 Å². The lowest BCUT2D eigenvalue weighted by atomic mass is 9.97. The molecule has 0 saturated carbocycles. The number of rotatable bonds is 4. The Hall–Kier alpha value is -0.820. The molecule has 1 nitrogen and oxygen atoms in total. The van der Waals surface area contributed by atoms with Crippen LogP contribution in [0.4, 0.5) is 0 Å². The largest absolute Gasteiger partial charge is 0.301 e. The van der Waals surface area contributed by atoms with Gasteiger partial charge in [0.05, 0.1) is 0 Å². The molecule has 0 spiro atoms. The van der Waals surface area contributed by atoms with Crippen molar-refractivity contribution < 1.29 is 0 Å². The molecule has 0 aromatic heterocycles. The van der Waals surface area contributed by atoms with Crippen molar-refractivity contribution in [2.45, 2.75) is 58.4 Å². The maximum absolute atomic E-state index is 2.63. The molecule has 1 aromatic carbocycles. The van der Waals surface area contributed by atoms with Crippen LogP contribution in [-0.2, 0) is 19.3 Å². The fourth-order valence-electron chi connectivity index (χ4n) is 3.72. The Morgan fingerprint density at radius 3 is 2.84 bits per heavy atom. The van der Waals surface area contributed by atoms with E-state index in [-0.39, 0.29) is 0 Å². The van der Waals surface area contributed by atoms with Gasteiger partial charge in [0, 0.05) is 12.6 Å². The van der Waals surface area contributed by atoms with E-state index in [1.807, 2.05) is 0 Å². The second-order valence-electron chi connectivity index (χ2n) is 6.74. The predicted molar refractivity (Wildman–Crippen MR) is 81.6 cm³/mol. The van der Waals surface area contributed by atoms with Gasteiger partial charge < -0.3 is 4.90 Å². The van der Waals surface area contributed by atoms with Crippen LogP contribution in [-0.4, -0.2) is 24.0 Å². The first kappa shape index (κ1) is 13.2. The van der Waals surface area contributed by atoms with Gasteiger partial charge >= 0.3 is 0 Å². The van der Waals surface area contributed by atoms with Crippen LogP contribution in [0, 0.1) is 5.92 Å². The molecule has 0 radical (unpaired) electrons. The first-order valence-corrected chi connectivity index (χ1v) is 8.07. The minimum Gasteiger partial charge on any atom is -0.301 e. The fraction of sp³-hybridized carbons (Fsp3) is 0.667. The number of hydrogen-bond donors (Lipinski definition) is 0. The summed E-state index contributed by atoms with van der Waals surface area (Å²) in [5.74, 6) is 0.927. The number of nitrogens with zero attached hydrogens (tertiary/aromatic N) is 1. The minimum atomic E-state index is 0.727. The van der Waals surface area contributed by atoms with Crippen LogP contribution in [0.15, 0.2) is 18.2 Å². The van der Waals surface area contributed by atoms with E-state index in [4.69, 9.17) is 0 Å². The van der Waals surface area contributed by atoms with E-state index < -0.39 is 0 Å². The predicted octanol–water partition coefficient (Wildman–Crippen LogP) is 3.84. The molecule has 1 unspecified atom stereocenters. The van der Waals surface area contributed by atoms with Crippen molar-refractivity contribution in [2.75, 3.05) is 13.1 Å². The van der Waals surface area contributed by atoms with E-state index in [2.05, 4.69) is 36.9 Å². The average Bonchev–Trinajstić information content (AvgIpc) is 3.04. The zero-order valence-corrected chi connectivity index (χ0v) is 12.5.